The molecule has 4 aromatic heterocycles. The van der Waals surface area contributed by atoms with Crippen LogP contribution in [0.3, 0.4) is 0 Å². The van der Waals surface area contributed by atoms with Gasteiger partial charge in [-0.3, -0.25) is 0 Å². The van der Waals surface area contributed by atoms with Crippen molar-refractivity contribution in [2.24, 2.45) is 5.92 Å². The Bertz CT molecular complexity index is 2770. The first-order chi connectivity index (χ1) is 23.5. The molecule has 6 heteroatoms. The Balaban J connectivity index is 1.23. The van der Waals surface area contributed by atoms with Gasteiger partial charge in [0.2, 0.25) is 0 Å². The van der Waals surface area contributed by atoms with Crippen LogP contribution >= 0.6 is 0 Å². The summed E-state index contributed by atoms with van der Waals surface area (Å²) in [7, 11) is 1.47. The normalized spacial score (nSPS) is 17.0. The predicted octanol–water partition coefficient (Wildman–Crippen LogP) is 10.2. The second kappa shape index (κ2) is 9.88. The van der Waals surface area contributed by atoms with Gasteiger partial charge in [-0.15, -0.1) is 0 Å². The molecule has 3 N–H and O–H groups in total. The van der Waals surface area contributed by atoms with Crippen molar-refractivity contribution >= 4 is 71.4 Å². The fourth-order valence-electron chi connectivity index (χ4n) is 8.74. The van der Waals surface area contributed by atoms with Gasteiger partial charge < -0.3 is 24.3 Å². The molecule has 0 radical (unpaired) electrons. The Hall–Kier alpha value is -5.75. The number of aromatic amines is 3. The first-order valence-corrected chi connectivity index (χ1v) is 16.7. The highest BCUT2D eigenvalue weighted by Crippen LogP contribution is 2.58. The van der Waals surface area contributed by atoms with E-state index in [1.807, 2.05) is 24.3 Å². The smallest absolute Gasteiger partial charge is 0.340 e. The first kappa shape index (κ1) is 27.4. The Morgan fingerprint density at radius 1 is 0.771 bits per heavy atom. The highest BCUT2D eigenvalue weighted by Gasteiger charge is 2.49. The molecule has 0 spiro atoms. The van der Waals surface area contributed by atoms with Gasteiger partial charge in [-0.1, -0.05) is 66.7 Å². The third kappa shape index (κ3) is 3.71. The van der Waals surface area contributed by atoms with Gasteiger partial charge in [0.25, 0.3) is 0 Å². The number of fused-ring (bicyclic) bond motifs is 8. The average Bonchev–Trinajstić information content (AvgIpc) is 3.40. The van der Waals surface area contributed by atoms with Crippen LogP contribution in [0.5, 0.6) is 0 Å². The number of ether oxygens (including phenoxy) is 1. The van der Waals surface area contributed by atoms with Crippen molar-refractivity contribution in [2.75, 3.05) is 7.11 Å². The van der Waals surface area contributed by atoms with E-state index in [-0.39, 0.29) is 23.8 Å². The number of hydrogen-bond acceptors (Lipinski definition) is 2. The summed E-state index contributed by atoms with van der Waals surface area (Å²) in [6, 6.07) is 34.7. The van der Waals surface area contributed by atoms with Crippen LogP contribution in [0, 0.1) is 19.8 Å². The van der Waals surface area contributed by atoms with Crippen molar-refractivity contribution in [3.8, 4) is 0 Å². The van der Waals surface area contributed by atoms with E-state index in [9.17, 15) is 4.79 Å². The number of aryl methyl sites for hydroxylation is 2. The highest BCUT2D eigenvalue weighted by molar-refractivity contribution is 6.20. The summed E-state index contributed by atoms with van der Waals surface area (Å²) in [4.78, 5) is 24.6. The molecular weight excluding hydrogens is 592 g/mol. The maximum absolute atomic E-state index is 13.6. The lowest BCUT2D eigenvalue weighted by atomic mass is 9.87. The van der Waals surface area contributed by atoms with Crippen molar-refractivity contribution in [3.05, 3.63) is 131 Å². The average molecular weight is 627 g/mol. The summed E-state index contributed by atoms with van der Waals surface area (Å²) in [6.45, 7) is 4.40. The zero-order valence-electron chi connectivity index (χ0n) is 27.0. The monoisotopic (exact) mass is 626 g/mol. The van der Waals surface area contributed by atoms with Gasteiger partial charge in [-0.05, 0) is 73.2 Å². The van der Waals surface area contributed by atoms with Crippen LogP contribution < -0.4 is 0 Å². The topological polar surface area (TPSA) is 78.6 Å². The Morgan fingerprint density at radius 2 is 1.52 bits per heavy atom. The maximum Gasteiger partial charge on any atom is 0.340 e. The summed E-state index contributed by atoms with van der Waals surface area (Å²) in [5.41, 5.74) is 12.2. The van der Waals surface area contributed by atoms with E-state index in [1.54, 1.807) is 0 Å². The molecule has 1 fully saturated rings. The van der Waals surface area contributed by atoms with Gasteiger partial charge in [-0.2, -0.15) is 0 Å². The van der Waals surface area contributed by atoms with Crippen LogP contribution in [-0.2, 0) is 4.74 Å². The van der Waals surface area contributed by atoms with E-state index in [0.717, 1.165) is 28.5 Å². The Kier molecular flexibility index (Phi) is 5.63. The number of nitrogens with one attached hydrogen (secondary N) is 3. The van der Waals surface area contributed by atoms with Crippen LogP contribution in [0.2, 0.25) is 0 Å². The number of carbonyl (C=O) groups excluding carboxylic acids is 1. The molecule has 1 saturated carbocycles. The zero-order valence-corrected chi connectivity index (χ0v) is 27.0. The molecule has 10 rings (SSSR count). The zero-order chi connectivity index (χ0) is 32.3. The molecule has 3 atom stereocenters. The van der Waals surface area contributed by atoms with Crippen molar-refractivity contribution in [1.29, 1.82) is 0 Å². The van der Waals surface area contributed by atoms with Crippen molar-refractivity contribution < 1.29 is 9.53 Å². The van der Waals surface area contributed by atoms with E-state index in [2.05, 4.69) is 112 Å². The van der Waals surface area contributed by atoms with Crippen LogP contribution in [0.25, 0.3) is 65.4 Å². The molecule has 234 valence electrons. The van der Waals surface area contributed by atoms with Gasteiger partial charge in [0.15, 0.2) is 0 Å². The number of hydrogen-bond donors (Lipinski definition) is 3. The Labute approximate surface area is 276 Å². The summed E-state index contributed by atoms with van der Waals surface area (Å²) in [5.74, 6) is -0.139. The number of benzene rings is 5. The minimum Gasteiger partial charge on any atom is -0.465 e. The summed E-state index contributed by atoms with van der Waals surface area (Å²) in [5, 5.41) is 7.16. The summed E-state index contributed by atoms with van der Waals surface area (Å²) >= 11 is 0. The molecule has 0 bridgehead atoms. The number of aromatic nitrogens is 4. The van der Waals surface area contributed by atoms with Crippen LogP contribution in [0.15, 0.2) is 103 Å². The van der Waals surface area contributed by atoms with Crippen LogP contribution in [-0.4, -0.2) is 32.6 Å². The quantitative estimate of drug-likeness (QED) is 0.166. The molecule has 0 aliphatic heterocycles. The molecule has 5 aromatic carbocycles. The van der Waals surface area contributed by atoms with Gasteiger partial charge in [0.05, 0.1) is 23.7 Å². The molecular formula is C42H34N4O2. The maximum atomic E-state index is 13.6. The second-order valence-corrected chi connectivity index (χ2v) is 13.6. The number of nitrogens with zero attached hydrogens (tertiary/aromatic N) is 1. The molecule has 6 nitrogen and oxygen atoms in total. The number of rotatable bonds is 5. The lowest BCUT2D eigenvalue weighted by molar-refractivity contribution is 0.0601. The van der Waals surface area contributed by atoms with Crippen molar-refractivity contribution in [3.63, 3.8) is 0 Å². The minimum absolute atomic E-state index is 0.0650. The number of carbonyl (C=O) groups is 1. The molecule has 1 aliphatic carbocycles. The minimum atomic E-state index is -0.311. The summed E-state index contributed by atoms with van der Waals surface area (Å²) in [6.07, 6.45) is 3.13. The van der Waals surface area contributed by atoms with Gasteiger partial charge >= 0.3 is 5.97 Å². The highest BCUT2D eigenvalue weighted by atomic mass is 16.5. The fraction of sp³-hybridized carbons (Fsp3) is 0.167. The lowest BCUT2D eigenvalue weighted by Crippen LogP contribution is -2.13. The number of methoxy groups -OCH3 is 1. The molecule has 0 saturated heterocycles. The standard InChI is InChI=1S/C42H34N4O2/c1-22-16-17-25-28-19-36-37(23(2)40(28)45-33(25)18-22)27-12-6-9-15-34(27)46(36)35-20-29(35)38(30-21-43-31-13-7-4-10-24(30)31)41-39(42(47)48-3)26-11-5-8-14-32(26)44-41/h4-19,21,29,35,38,43-45H,20H2,1-3H3. The fourth-order valence-corrected chi connectivity index (χ4v) is 8.74. The van der Waals surface area contributed by atoms with E-state index in [4.69, 9.17) is 4.74 Å². The van der Waals surface area contributed by atoms with E-state index in [0.29, 0.717) is 5.56 Å². The number of H-pyrrole nitrogens is 3. The molecule has 48 heavy (non-hydrogen) atoms. The molecule has 9 aromatic rings. The Morgan fingerprint density at radius 3 is 2.35 bits per heavy atom. The molecule has 1 aliphatic rings. The second-order valence-electron chi connectivity index (χ2n) is 13.6. The van der Waals surface area contributed by atoms with Crippen LogP contribution in [0.1, 0.15) is 51.1 Å². The van der Waals surface area contributed by atoms with Crippen molar-refractivity contribution in [2.45, 2.75) is 32.2 Å². The van der Waals surface area contributed by atoms with Gasteiger partial charge in [0.1, 0.15) is 0 Å². The van der Waals surface area contributed by atoms with Crippen LogP contribution in [0.4, 0.5) is 0 Å². The van der Waals surface area contributed by atoms with Gasteiger partial charge in [0, 0.05) is 78.2 Å². The summed E-state index contributed by atoms with van der Waals surface area (Å²) < 4.78 is 8.02. The number of esters is 1. The lowest BCUT2D eigenvalue weighted by Gasteiger charge is -2.19. The first-order valence-electron chi connectivity index (χ1n) is 16.7. The molecule has 0 amide bonds. The molecule has 4 heterocycles. The third-order valence-corrected chi connectivity index (χ3v) is 10.9. The third-order valence-electron chi connectivity index (χ3n) is 10.9. The SMILES string of the molecule is COC(=O)c1c(C(c2c[nH]c3ccccc23)C2CC2n2c3ccccc3c3c(C)c4[nH]c5cc(C)ccc5c4cc32)[nH]c2ccccc12. The largest absolute Gasteiger partial charge is 0.465 e. The molecule has 3 unspecified atom stereocenters. The van der Waals surface area contributed by atoms with E-state index >= 15 is 0 Å². The van der Waals surface area contributed by atoms with Crippen molar-refractivity contribution in [1.82, 2.24) is 19.5 Å². The van der Waals surface area contributed by atoms with Gasteiger partial charge in [-0.25, -0.2) is 4.79 Å². The number of para-hydroxylation sites is 3. The van der Waals surface area contributed by atoms with E-state index < -0.39 is 0 Å². The van der Waals surface area contributed by atoms with E-state index in [1.165, 1.54) is 72.8 Å². The predicted molar refractivity (Wildman–Crippen MR) is 195 cm³/mol.